The average molecular weight is 704 g/mol. The maximum absolute atomic E-state index is 13.4. The number of nitrogens with one attached hydrogen (secondary N) is 1. The molecule has 4 aromatic rings. The Morgan fingerprint density at radius 3 is 2.54 bits per heavy atom. The molecular weight excluding hydrogens is 673 g/mol. The molecule has 6 rings (SSSR count). The molecule has 0 spiro atoms. The molecule has 48 heavy (non-hydrogen) atoms. The zero-order valence-corrected chi connectivity index (χ0v) is 27.2. The van der Waals surface area contributed by atoms with Crippen LogP contribution in [-0.4, -0.2) is 90.1 Å². The van der Waals surface area contributed by atoms with E-state index in [4.69, 9.17) is 30.3 Å². The maximum Gasteiger partial charge on any atom is 0.365 e. The molecule has 17 nitrogen and oxygen atoms in total. The summed E-state index contributed by atoms with van der Waals surface area (Å²) in [6.07, 6.45) is -2.56. The molecule has 2 saturated heterocycles. The van der Waals surface area contributed by atoms with Crippen LogP contribution in [-0.2, 0) is 41.1 Å². The normalized spacial score (nSPS) is 21.5. The molecule has 0 saturated carbocycles. The van der Waals surface area contributed by atoms with Gasteiger partial charge in [-0.05, 0) is 28.3 Å². The van der Waals surface area contributed by atoms with Crippen LogP contribution in [0.2, 0.25) is 5.15 Å². The molecular formula is C29H31ClN7O10P. The van der Waals surface area contributed by atoms with Crippen LogP contribution in [0.3, 0.4) is 0 Å². The first-order valence-electron chi connectivity index (χ1n) is 15.0. The topological polar surface area (TPSA) is 216 Å². The first-order chi connectivity index (χ1) is 23.1. The average Bonchev–Trinajstić information content (AvgIpc) is 3.87. The van der Waals surface area contributed by atoms with Crippen molar-refractivity contribution in [1.82, 2.24) is 30.2 Å². The minimum atomic E-state index is -4.54. The van der Waals surface area contributed by atoms with Gasteiger partial charge in [-0.2, -0.15) is 5.21 Å². The summed E-state index contributed by atoms with van der Waals surface area (Å²) in [4.78, 5) is 43.6. The van der Waals surface area contributed by atoms with E-state index in [9.17, 15) is 24.4 Å². The Bertz CT molecular complexity index is 1810. The van der Waals surface area contributed by atoms with Crippen molar-refractivity contribution in [2.75, 3.05) is 19.6 Å². The third kappa shape index (κ3) is 7.41. The van der Waals surface area contributed by atoms with Gasteiger partial charge in [0.1, 0.15) is 24.1 Å². The second-order valence-corrected chi connectivity index (χ2v) is 13.2. The molecule has 0 bridgehead atoms. The van der Waals surface area contributed by atoms with Crippen LogP contribution in [0.5, 0.6) is 0 Å². The zero-order valence-electron chi connectivity index (χ0n) is 25.5. The predicted octanol–water partition coefficient (Wildman–Crippen LogP) is 3.83. The number of rotatable bonds is 14. The highest BCUT2D eigenvalue weighted by atomic mass is 35.5. The minimum Gasteiger partial charge on any atom is -0.448 e. The van der Waals surface area contributed by atoms with Crippen LogP contribution in [0.15, 0.2) is 48.5 Å². The molecule has 2 fully saturated rings. The Kier molecular flexibility index (Phi) is 10.1. The fourth-order valence-corrected chi connectivity index (χ4v) is 6.93. The lowest BCUT2D eigenvalue weighted by Crippen LogP contribution is -2.34. The van der Waals surface area contributed by atoms with Crippen molar-refractivity contribution in [2.45, 2.75) is 57.1 Å². The molecule has 2 aromatic carbocycles. The van der Waals surface area contributed by atoms with Gasteiger partial charge in [0.05, 0.1) is 13.2 Å². The molecule has 2 aliphatic rings. The highest BCUT2D eigenvalue weighted by molar-refractivity contribution is 7.52. The lowest BCUT2D eigenvalue weighted by molar-refractivity contribution is -0.769. The predicted molar refractivity (Wildman–Crippen MR) is 166 cm³/mol. The van der Waals surface area contributed by atoms with Gasteiger partial charge in [-0.3, -0.25) is 9.09 Å². The van der Waals surface area contributed by atoms with Crippen LogP contribution in [0.1, 0.15) is 41.6 Å². The number of nitrogens with zero attached hydrogens (tertiary/aromatic N) is 6. The highest BCUT2D eigenvalue weighted by Gasteiger charge is 2.51. The first-order valence-corrected chi connectivity index (χ1v) is 17.2. The molecule has 4 heterocycles. The quantitative estimate of drug-likeness (QED) is 0.0826. The second kappa shape index (κ2) is 14.5. The Labute approximate surface area is 278 Å². The molecule has 2 aliphatic heterocycles. The van der Waals surface area contributed by atoms with E-state index in [0.29, 0.717) is 18.1 Å². The number of fused-ring (bicyclic) bond motifs is 1. The van der Waals surface area contributed by atoms with Gasteiger partial charge in [-0.1, -0.05) is 73.5 Å². The van der Waals surface area contributed by atoms with Crippen LogP contribution in [0.25, 0.3) is 22.5 Å². The summed E-state index contributed by atoms with van der Waals surface area (Å²) < 4.78 is 36.1. The van der Waals surface area contributed by atoms with Gasteiger partial charge in [-0.25, -0.2) is 9.78 Å². The van der Waals surface area contributed by atoms with Gasteiger partial charge in [0.25, 0.3) is 5.09 Å². The van der Waals surface area contributed by atoms with Gasteiger partial charge in [0, 0.05) is 18.5 Å². The van der Waals surface area contributed by atoms with E-state index in [0.717, 1.165) is 35.1 Å². The van der Waals surface area contributed by atoms with E-state index in [1.165, 1.54) is 0 Å². The van der Waals surface area contributed by atoms with E-state index in [1.54, 1.807) is 4.57 Å². The van der Waals surface area contributed by atoms with Crippen molar-refractivity contribution in [3.8, 4) is 22.5 Å². The number of unbranched alkanes of at least 4 members (excludes halogenated alkanes) is 1. The largest absolute Gasteiger partial charge is 0.448 e. The number of hydrogen-bond acceptors (Lipinski definition) is 13. The molecule has 1 unspecified atom stereocenters. The fraction of sp³-hybridized carbons (Fsp3) is 0.414. The number of hydrogen-bond donors (Lipinski definition) is 2. The molecule has 5 atom stereocenters. The number of aromatic nitrogens is 6. The minimum absolute atomic E-state index is 0.0718. The van der Waals surface area contributed by atoms with E-state index in [1.807, 2.05) is 55.5 Å². The molecule has 254 valence electrons. The second-order valence-electron chi connectivity index (χ2n) is 11.1. The van der Waals surface area contributed by atoms with Crippen LogP contribution >= 0.6 is 19.2 Å². The van der Waals surface area contributed by atoms with Crippen LogP contribution in [0, 0.1) is 10.1 Å². The number of imidazole rings is 1. The number of H-pyrrole nitrogens is 1. The maximum atomic E-state index is 13.4. The number of tetrazole rings is 1. The Balaban J connectivity index is 1.15. The highest BCUT2D eigenvalue weighted by Crippen LogP contribution is 2.47. The molecule has 0 amide bonds. The standard InChI is InChI=1S/C29H31ClN7O10P/c1-2-3-8-23-31-27(30)24(29(38)45-16-48(41,42)47-22-15-44-25-21(46-37(39)40)14-43-26(22)25)36(23)13-17-9-11-18(12-10-17)19-6-4-5-7-20(19)28-32-34-35-33-28/h4-7,9-12,21-22,25-26H,2-3,8,13-16H2,1H3,(H,41,42)(H,32,33,34,35)/t21-,22+,25-,26-/m1/s1. The van der Waals surface area contributed by atoms with Crippen molar-refractivity contribution in [1.29, 1.82) is 0 Å². The number of aryl methyl sites for hydroxylation is 1. The van der Waals surface area contributed by atoms with Crippen LogP contribution < -0.4 is 0 Å². The van der Waals surface area contributed by atoms with E-state index < -0.39 is 49.4 Å². The summed E-state index contributed by atoms with van der Waals surface area (Å²) in [7, 11) is -4.54. The summed E-state index contributed by atoms with van der Waals surface area (Å²) in [6.45, 7) is 1.92. The van der Waals surface area contributed by atoms with Gasteiger partial charge >= 0.3 is 13.6 Å². The number of aromatic amines is 1. The Morgan fingerprint density at radius 1 is 1.15 bits per heavy atom. The summed E-state index contributed by atoms with van der Waals surface area (Å²) >= 11 is 6.45. The van der Waals surface area contributed by atoms with Crippen molar-refractivity contribution in [3.63, 3.8) is 0 Å². The Hall–Kier alpha value is -4.25. The first kappa shape index (κ1) is 33.6. The number of halogens is 1. The number of ether oxygens (including phenoxy) is 3. The van der Waals surface area contributed by atoms with Crippen molar-refractivity contribution in [3.05, 3.63) is 80.9 Å². The third-order valence-corrected chi connectivity index (χ3v) is 9.23. The number of esters is 1. The molecule has 0 aliphatic carbocycles. The van der Waals surface area contributed by atoms with Gasteiger partial charge in [-0.15, -0.1) is 20.3 Å². The SMILES string of the molecule is CCCCc1nc(Cl)c(C(=O)OCP(=O)(O)O[C@H]2CO[C@H]3[C@@H]2OC[C@H]3O[N+](=O)[O-])n1Cc1ccc(-c2ccccc2-c2nn[nH]n2)cc1. The van der Waals surface area contributed by atoms with Gasteiger partial charge in [0.2, 0.25) is 5.82 Å². The summed E-state index contributed by atoms with van der Waals surface area (Å²) in [5.74, 6) is 0.0616. The van der Waals surface area contributed by atoms with E-state index in [2.05, 4.69) is 30.4 Å². The summed E-state index contributed by atoms with van der Waals surface area (Å²) in [6, 6.07) is 15.4. The van der Waals surface area contributed by atoms with Crippen molar-refractivity contribution in [2.24, 2.45) is 0 Å². The van der Waals surface area contributed by atoms with Gasteiger partial charge < -0.3 is 28.5 Å². The molecule has 2 N–H and O–H groups in total. The van der Waals surface area contributed by atoms with Crippen molar-refractivity contribution < 1.29 is 42.9 Å². The van der Waals surface area contributed by atoms with Crippen LogP contribution in [0.4, 0.5) is 0 Å². The third-order valence-electron chi connectivity index (χ3n) is 7.91. The molecule has 0 radical (unpaired) electrons. The lowest BCUT2D eigenvalue weighted by Gasteiger charge is -2.20. The Morgan fingerprint density at radius 2 is 1.85 bits per heavy atom. The van der Waals surface area contributed by atoms with Crippen molar-refractivity contribution >= 4 is 25.2 Å². The number of benzene rings is 2. The fourth-order valence-electron chi connectivity index (χ4n) is 5.71. The number of carbonyl (C=O) groups is 1. The lowest BCUT2D eigenvalue weighted by atomic mass is 9.98. The summed E-state index contributed by atoms with van der Waals surface area (Å²) in [5.41, 5.74) is 3.39. The van der Waals surface area contributed by atoms with E-state index >= 15 is 0 Å². The molecule has 19 heteroatoms. The van der Waals surface area contributed by atoms with E-state index in [-0.39, 0.29) is 30.6 Å². The smallest absolute Gasteiger partial charge is 0.365 e. The zero-order chi connectivity index (χ0) is 33.8. The van der Waals surface area contributed by atoms with Gasteiger partial charge in [0.15, 0.2) is 23.3 Å². The molecule has 2 aromatic heterocycles. The number of carbonyl (C=O) groups excluding carboxylic acids is 1. The monoisotopic (exact) mass is 703 g/mol. The summed E-state index contributed by atoms with van der Waals surface area (Å²) in [5, 5.41) is 24.0.